The summed E-state index contributed by atoms with van der Waals surface area (Å²) >= 11 is 13.0. The van der Waals surface area contributed by atoms with E-state index in [2.05, 4.69) is 27.2 Å². The van der Waals surface area contributed by atoms with Crippen LogP contribution < -0.4 is 15.0 Å². The summed E-state index contributed by atoms with van der Waals surface area (Å²) in [5.41, 5.74) is 3.86. The predicted molar refractivity (Wildman–Crippen MR) is 213 cm³/mol. The minimum absolute atomic E-state index is 0.0313. The fourth-order valence-corrected chi connectivity index (χ4v) is 8.07. The first-order valence-electron chi connectivity index (χ1n) is 18.9. The third-order valence-corrected chi connectivity index (χ3v) is 11.3. The third kappa shape index (κ3) is 10.6. The first kappa shape index (κ1) is 39.9. The summed E-state index contributed by atoms with van der Waals surface area (Å²) in [6, 6.07) is 22.0. The molecule has 1 atom stereocenters. The third-order valence-electron chi connectivity index (χ3n) is 10.6. The van der Waals surface area contributed by atoms with Crippen LogP contribution in [0.15, 0.2) is 66.7 Å². The molecule has 10 heteroatoms. The molecule has 2 heterocycles. The van der Waals surface area contributed by atoms with E-state index in [4.69, 9.17) is 32.7 Å². The Labute approximate surface area is 320 Å². The van der Waals surface area contributed by atoms with Crippen molar-refractivity contribution >= 4 is 46.3 Å². The van der Waals surface area contributed by atoms with Crippen LogP contribution in [0.2, 0.25) is 10.0 Å². The fraction of sp³-hybridized carbons (Fsp3) is 0.524. The smallest absolute Gasteiger partial charge is 0.227 e. The van der Waals surface area contributed by atoms with E-state index < -0.39 is 0 Å². The molecular formula is C42H56Cl2N4O4. The van der Waals surface area contributed by atoms with Crippen molar-refractivity contribution in [1.82, 2.24) is 9.80 Å². The van der Waals surface area contributed by atoms with E-state index in [0.29, 0.717) is 49.3 Å². The van der Waals surface area contributed by atoms with Gasteiger partial charge < -0.3 is 29.5 Å². The number of benzene rings is 3. The fourth-order valence-electron chi connectivity index (χ4n) is 7.77. The van der Waals surface area contributed by atoms with Crippen LogP contribution in [-0.2, 0) is 26.2 Å². The number of hydrogen-bond donors (Lipinski definition) is 1. The van der Waals surface area contributed by atoms with Crippen LogP contribution in [-0.4, -0.2) is 93.7 Å². The van der Waals surface area contributed by atoms with Gasteiger partial charge in [0.15, 0.2) is 5.78 Å². The monoisotopic (exact) mass is 750 g/mol. The standard InChI is InChI=1S/C42H56Cl2N4O4/c1-5-51-25-24-47(39-13-7-6-12-38(39)45-4)29-40(49)33-16-21-46(22-17-33)23-19-42(34-14-15-36(43)37(44)28-34)18-9-20-48(30-42)41(50)27-32-10-8-11-35(26-32)52-31(2)3/h6-8,10-15,26,28,31,33,45H,5,9,16-25,27,29-30H2,1-4H3. The number of hydrogen-bond acceptors (Lipinski definition) is 7. The topological polar surface area (TPSA) is 74.4 Å². The number of nitrogens with zero attached hydrogens (tertiary/aromatic N) is 3. The molecule has 3 aromatic carbocycles. The second-order valence-corrected chi connectivity index (χ2v) is 15.4. The zero-order valence-corrected chi connectivity index (χ0v) is 32.9. The van der Waals surface area contributed by atoms with Gasteiger partial charge in [0.1, 0.15) is 5.75 Å². The van der Waals surface area contributed by atoms with E-state index >= 15 is 0 Å². The van der Waals surface area contributed by atoms with Gasteiger partial charge in [-0.3, -0.25) is 9.59 Å². The number of carbonyl (C=O) groups is 2. The molecule has 2 aliphatic rings. The Bertz CT molecular complexity index is 1630. The van der Waals surface area contributed by atoms with Crippen LogP contribution in [0, 0.1) is 5.92 Å². The molecule has 0 aromatic heterocycles. The molecule has 0 radical (unpaired) electrons. The Balaban J connectivity index is 1.23. The van der Waals surface area contributed by atoms with Crippen LogP contribution in [0.25, 0.3) is 0 Å². The van der Waals surface area contributed by atoms with Crippen molar-refractivity contribution in [2.45, 2.75) is 70.8 Å². The summed E-state index contributed by atoms with van der Waals surface area (Å²) in [5.74, 6) is 1.23. The molecule has 1 unspecified atom stereocenters. The minimum atomic E-state index is -0.251. The predicted octanol–water partition coefficient (Wildman–Crippen LogP) is 8.14. The number of anilines is 2. The molecular weight excluding hydrogens is 695 g/mol. The average Bonchev–Trinajstić information content (AvgIpc) is 3.15. The molecule has 282 valence electrons. The first-order valence-corrected chi connectivity index (χ1v) is 19.7. The molecule has 8 nitrogen and oxygen atoms in total. The van der Waals surface area contributed by atoms with Gasteiger partial charge in [0.2, 0.25) is 5.91 Å². The lowest BCUT2D eigenvalue weighted by molar-refractivity contribution is -0.132. The van der Waals surface area contributed by atoms with Crippen molar-refractivity contribution in [2.75, 3.05) is 76.3 Å². The summed E-state index contributed by atoms with van der Waals surface area (Å²) in [5, 5.41) is 4.34. The first-order chi connectivity index (χ1) is 25.1. The molecule has 1 N–H and O–H groups in total. The lowest BCUT2D eigenvalue weighted by Crippen LogP contribution is -2.50. The summed E-state index contributed by atoms with van der Waals surface area (Å²) < 4.78 is 11.6. The number of amides is 1. The Morgan fingerprint density at radius 1 is 1.00 bits per heavy atom. The number of ketones is 1. The van der Waals surface area contributed by atoms with E-state index in [-0.39, 0.29) is 29.1 Å². The van der Waals surface area contributed by atoms with Gasteiger partial charge in [-0.25, -0.2) is 0 Å². The SMILES string of the molecule is CCOCCN(CC(=O)C1CCN(CCC2(c3ccc(Cl)c(Cl)c3)CCCN(C(=O)Cc3cccc(OC(C)C)c3)C2)CC1)c1ccccc1NC. The second-order valence-electron chi connectivity index (χ2n) is 14.5. The number of likely N-dealkylation sites (tertiary alicyclic amines) is 2. The number of Topliss-reactive ketones (excluding diaryl/α,β-unsaturated/α-hetero) is 1. The Hall–Kier alpha value is -3.30. The molecule has 2 aliphatic heterocycles. The normalized spacial score (nSPS) is 18.4. The molecule has 2 saturated heterocycles. The zero-order chi connectivity index (χ0) is 37.1. The quantitative estimate of drug-likeness (QED) is 0.140. The minimum Gasteiger partial charge on any atom is -0.491 e. The molecule has 1 amide bonds. The van der Waals surface area contributed by atoms with E-state index in [1.807, 2.05) is 87.3 Å². The van der Waals surface area contributed by atoms with Gasteiger partial charge in [-0.15, -0.1) is 0 Å². The molecule has 3 aromatic rings. The maximum Gasteiger partial charge on any atom is 0.227 e. The maximum atomic E-state index is 13.8. The average molecular weight is 752 g/mol. The number of nitrogens with one attached hydrogen (secondary N) is 1. The van der Waals surface area contributed by atoms with E-state index in [1.54, 1.807) is 0 Å². The summed E-state index contributed by atoms with van der Waals surface area (Å²) in [6.45, 7) is 12.2. The number of rotatable bonds is 17. The molecule has 0 saturated carbocycles. The molecule has 0 spiro atoms. The van der Waals surface area contributed by atoms with Crippen molar-refractivity contribution in [3.63, 3.8) is 0 Å². The van der Waals surface area contributed by atoms with E-state index in [0.717, 1.165) is 86.5 Å². The second kappa shape index (κ2) is 19.2. The molecule has 5 rings (SSSR count). The highest BCUT2D eigenvalue weighted by Crippen LogP contribution is 2.40. The van der Waals surface area contributed by atoms with Crippen LogP contribution in [0.5, 0.6) is 5.75 Å². The highest BCUT2D eigenvalue weighted by Gasteiger charge is 2.39. The summed E-state index contributed by atoms with van der Waals surface area (Å²) in [6.07, 6.45) is 4.85. The molecule has 2 fully saturated rings. The lowest BCUT2D eigenvalue weighted by Gasteiger charge is -2.45. The van der Waals surface area contributed by atoms with Crippen LogP contribution in [0.4, 0.5) is 11.4 Å². The van der Waals surface area contributed by atoms with Gasteiger partial charge in [0.05, 0.1) is 47.1 Å². The number of para-hydroxylation sites is 2. The van der Waals surface area contributed by atoms with Crippen molar-refractivity contribution in [1.29, 1.82) is 0 Å². The van der Waals surface area contributed by atoms with Crippen molar-refractivity contribution in [3.8, 4) is 5.75 Å². The Kier molecular flexibility index (Phi) is 14.7. The number of carbonyl (C=O) groups excluding carboxylic acids is 2. The van der Waals surface area contributed by atoms with Crippen LogP contribution in [0.3, 0.4) is 0 Å². The van der Waals surface area contributed by atoms with E-state index in [9.17, 15) is 9.59 Å². The molecule has 52 heavy (non-hydrogen) atoms. The summed E-state index contributed by atoms with van der Waals surface area (Å²) in [7, 11) is 1.91. The van der Waals surface area contributed by atoms with Crippen molar-refractivity contribution in [3.05, 3.63) is 87.9 Å². The Morgan fingerprint density at radius 2 is 1.79 bits per heavy atom. The molecule has 0 bridgehead atoms. The van der Waals surface area contributed by atoms with Gasteiger partial charge in [-0.1, -0.05) is 53.5 Å². The Morgan fingerprint density at radius 3 is 2.52 bits per heavy atom. The van der Waals surface area contributed by atoms with Crippen molar-refractivity contribution in [2.24, 2.45) is 5.92 Å². The number of halogens is 2. The van der Waals surface area contributed by atoms with Gasteiger partial charge in [-0.2, -0.15) is 0 Å². The highest BCUT2D eigenvalue weighted by molar-refractivity contribution is 6.42. The van der Waals surface area contributed by atoms with Gasteiger partial charge >= 0.3 is 0 Å². The lowest BCUT2D eigenvalue weighted by atomic mass is 9.71. The summed E-state index contributed by atoms with van der Waals surface area (Å²) in [4.78, 5) is 34.2. The largest absolute Gasteiger partial charge is 0.491 e. The molecule has 0 aliphatic carbocycles. The van der Waals surface area contributed by atoms with Crippen molar-refractivity contribution < 1.29 is 19.1 Å². The van der Waals surface area contributed by atoms with Crippen LogP contribution in [0.1, 0.15) is 64.0 Å². The van der Waals surface area contributed by atoms with Gasteiger partial charge in [-0.05, 0) is 120 Å². The zero-order valence-electron chi connectivity index (χ0n) is 31.3. The number of piperidine rings is 2. The highest BCUT2D eigenvalue weighted by atomic mass is 35.5. The van der Waals surface area contributed by atoms with Crippen LogP contribution >= 0.6 is 23.2 Å². The maximum absolute atomic E-state index is 13.8. The van der Waals surface area contributed by atoms with E-state index in [1.165, 1.54) is 0 Å². The number of ether oxygens (including phenoxy) is 2. The van der Waals surface area contributed by atoms with Gasteiger partial charge in [0.25, 0.3) is 0 Å². The van der Waals surface area contributed by atoms with Gasteiger partial charge in [0, 0.05) is 44.6 Å².